The molecule has 1 aliphatic carbocycles. The Morgan fingerprint density at radius 1 is 0.176 bits per heavy atom. The zero-order chi connectivity index (χ0) is 76.6. The summed E-state index contributed by atoms with van der Waals surface area (Å²) in [6.45, 7) is 15.9. The number of benzene rings is 3. The maximum absolute atomic E-state index is 6.69. The molecule has 0 saturated heterocycles. The van der Waals surface area contributed by atoms with Gasteiger partial charge in [-0.05, 0) is 187 Å². The lowest BCUT2D eigenvalue weighted by atomic mass is 10.0. The first-order valence-electron chi connectivity index (χ1n) is 41.2. The van der Waals surface area contributed by atoms with Crippen molar-refractivity contribution < 1.29 is 28.4 Å². The van der Waals surface area contributed by atoms with Crippen molar-refractivity contribution in [1.82, 2.24) is 0 Å². The molecule has 4 rings (SSSR count). The third-order valence-electron chi connectivity index (χ3n) is 16.8. The van der Waals surface area contributed by atoms with Gasteiger partial charge < -0.3 is 28.4 Å². The standard InChI is InChI=1S/C102H120O6/c1-7-13-19-25-31-37-43-49-55-61-67-79-103-97-85-91-73-74-93-87-99(105-81-69-63-57-51-45-39-33-27-21-15-9-3)101(107-83-71-65-59-53-47-41-35-29-23-17-11-5)89-95(93)77-78-96-90-102(108-84-72-66-60-54-48-42-36-30-24-18-12-6)100(106-82-70-64-58-52-46-40-34-28-22-16-10-4)88-94(96)76-75-92(91)86-98(97)104-80-68-62-56-50-44-38-32-26-20-14-8-2/h85-90H,7-30,55-72,79-84H2,1-6H3. The van der Waals surface area contributed by atoms with E-state index in [-0.39, 0.29) is 0 Å². The number of ether oxygens (including phenoxy) is 6. The molecule has 6 nitrogen and oxygen atoms in total. The molecule has 0 atom stereocenters. The number of hydrogen-bond acceptors (Lipinski definition) is 6. The highest BCUT2D eigenvalue weighted by molar-refractivity contribution is 5.68. The Hall–Kier alpha value is -10.1. The number of fused-ring (bicyclic) bond motifs is 3. The molecule has 6 heteroatoms. The Labute approximate surface area is 657 Å². The van der Waals surface area contributed by atoms with Crippen LogP contribution in [0.5, 0.6) is 34.5 Å². The van der Waals surface area contributed by atoms with Crippen molar-refractivity contribution in [3.05, 3.63) is 69.8 Å². The minimum Gasteiger partial charge on any atom is -0.490 e. The molecule has 0 radical (unpaired) electrons. The van der Waals surface area contributed by atoms with Gasteiger partial charge in [0.2, 0.25) is 0 Å². The Balaban J connectivity index is 1.89. The van der Waals surface area contributed by atoms with Gasteiger partial charge in [0.05, 0.1) is 39.6 Å². The van der Waals surface area contributed by atoms with Crippen LogP contribution < -0.4 is 28.4 Å². The van der Waals surface area contributed by atoms with E-state index in [1.807, 2.05) is 36.4 Å². The van der Waals surface area contributed by atoms with Crippen LogP contribution in [-0.2, 0) is 0 Å². The van der Waals surface area contributed by atoms with Crippen LogP contribution in [0.4, 0.5) is 0 Å². The Morgan fingerprint density at radius 2 is 0.296 bits per heavy atom. The third-order valence-corrected chi connectivity index (χ3v) is 16.8. The Kier molecular flexibility index (Phi) is 55.4. The quantitative estimate of drug-likeness (QED) is 0.0324. The van der Waals surface area contributed by atoms with E-state index in [1.54, 1.807) is 0 Å². The lowest BCUT2D eigenvalue weighted by molar-refractivity contribution is 0.260. The summed E-state index contributed by atoms with van der Waals surface area (Å²) in [5, 5.41) is 0. The Morgan fingerprint density at radius 3 is 0.417 bits per heavy atom. The molecule has 3 aromatic rings. The molecular weight excluding hydrogens is 1320 g/mol. The summed E-state index contributed by atoms with van der Waals surface area (Å²) in [6, 6.07) is 11.8. The molecule has 0 amide bonds. The van der Waals surface area contributed by atoms with Gasteiger partial charge in [-0.25, -0.2) is 0 Å². The summed E-state index contributed by atoms with van der Waals surface area (Å²) in [7, 11) is 0. The fourth-order valence-electron chi connectivity index (χ4n) is 10.4. The molecule has 0 unspecified atom stereocenters. The highest BCUT2D eigenvalue weighted by atomic mass is 16.5. The van der Waals surface area contributed by atoms with Gasteiger partial charge in [0.1, 0.15) is 0 Å². The van der Waals surface area contributed by atoms with Crippen LogP contribution in [0.25, 0.3) is 0 Å². The molecular formula is C102H120O6. The fourth-order valence-corrected chi connectivity index (χ4v) is 10.4. The van der Waals surface area contributed by atoms with E-state index < -0.39 is 0 Å². The predicted molar refractivity (Wildman–Crippen MR) is 452 cm³/mol. The first-order chi connectivity index (χ1) is 53.5. The zero-order valence-electron chi connectivity index (χ0n) is 66.9. The van der Waals surface area contributed by atoms with Gasteiger partial charge in [-0.15, -0.1) is 0 Å². The van der Waals surface area contributed by atoms with E-state index in [9.17, 15) is 0 Å². The van der Waals surface area contributed by atoms with Gasteiger partial charge in [-0.1, -0.05) is 225 Å². The molecule has 0 heterocycles. The highest BCUT2D eigenvalue weighted by Gasteiger charge is 2.17. The van der Waals surface area contributed by atoms with E-state index in [4.69, 9.17) is 28.4 Å². The lowest BCUT2D eigenvalue weighted by Crippen LogP contribution is -2.05. The van der Waals surface area contributed by atoms with E-state index in [0.717, 1.165) is 193 Å². The monoisotopic (exact) mass is 1440 g/mol. The molecule has 0 saturated carbocycles. The van der Waals surface area contributed by atoms with Crippen LogP contribution in [-0.4, -0.2) is 39.6 Å². The third kappa shape index (κ3) is 46.1. The van der Waals surface area contributed by atoms with E-state index in [1.165, 1.54) is 77.0 Å². The number of unbranched alkanes of at least 4 members (excludes halogenated alkanes) is 30. The van der Waals surface area contributed by atoms with Crippen molar-refractivity contribution in [3.8, 4) is 212 Å². The van der Waals surface area contributed by atoms with Gasteiger partial charge in [-0.3, -0.25) is 0 Å². The van der Waals surface area contributed by atoms with Gasteiger partial charge in [0.25, 0.3) is 0 Å². The predicted octanol–water partition coefficient (Wildman–Crippen LogP) is 23.0. The second kappa shape index (κ2) is 66.3. The van der Waals surface area contributed by atoms with Crippen LogP contribution in [0.1, 0.15) is 345 Å². The first kappa shape index (κ1) is 90.3. The zero-order valence-corrected chi connectivity index (χ0v) is 66.9. The summed E-state index contributed by atoms with van der Waals surface area (Å²) < 4.78 is 40.2. The Bertz CT molecular complexity index is 3470. The SMILES string of the molecule is CCCCCC#CC#CCCCCOc1cc2c(cc1OCCCCC#CC#CCCCCC)C#Cc1cc(OCCCCC#CC#CCCCCC)c(OCCCCC#CC#CCCCCC)cc1C#Cc1cc(OCCCCC#CC#CCCCCC)c(OCCCCC#CC#CCCCCC)cc1C#C2. The van der Waals surface area contributed by atoms with Crippen molar-refractivity contribution in [2.45, 2.75) is 311 Å². The summed E-state index contributed by atoms with van der Waals surface area (Å²) >= 11 is 0. The van der Waals surface area contributed by atoms with E-state index >= 15 is 0 Å². The maximum Gasteiger partial charge on any atom is 0.162 e. The average molecular weight is 1440 g/mol. The average Bonchev–Trinajstić information content (AvgIpc) is 0.807. The van der Waals surface area contributed by atoms with Crippen LogP contribution in [0.15, 0.2) is 36.4 Å². The van der Waals surface area contributed by atoms with Gasteiger partial charge in [-0.2, -0.15) is 0 Å². The fraction of sp³-hybridized carbons (Fsp3) is 0.529. The second-order valence-corrected chi connectivity index (χ2v) is 26.5. The molecule has 0 fully saturated rings. The van der Waals surface area contributed by atoms with Gasteiger partial charge >= 0.3 is 0 Å². The summed E-state index contributed by atoms with van der Waals surface area (Å²) in [5.41, 5.74) is 3.95. The molecule has 1 aliphatic rings. The molecule has 0 spiro atoms. The van der Waals surface area contributed by atoms with Crippen LogP contribution in [0, 0.1) is 178 Å². The van der Waals surface area contributed by atoms with E-state index in [0.29, 0.717) is 108 Å². The van der Waals surface area contributed by atoms with E-state index in [2.05, 4.69) is 219 Å². The van der Waals surface area contributed by atoms with Crippen molar-refractivity contribution in [2.75, 3.05) is 39.6 Å². The van der Waals surface area contributed by atoms with Crippen molar-refractivity contribution >= 4 is 0 Å². The maximum atomic E-state index is 6.69. The second-order valence-electron chi connectivity index (χ2n) is 26.5. The number of hydrogen-bond donors (Lipinski definition) is 0. The molecule has 0 N–H and O–H groups in total. The molecule has 108 heavy (non-hydrogen) atoms. The normalized spacial score (nSPS) is 9.72. The van der Waals surface area contributed by atoms with Crippen molar-refractivity contribution in [2.24, 2.45) is 0 Å². The summed E-state index contributed by atoms with van der Waals surface area (Å²) in [6.07, 6.45) is 40.3. The van der Waals surface area contributed by atoms with Gasteiger partial charge in [0.15, 0.2) is 34.5 Å². The number of rotatable bonds is 48. The minimum atomic E-state index is 0.445. The molecule has 3 aromatic carbocycles. The lowest BCUT2D eigenvalue weighted by Gasteiger charge is -2.16. The van der Waals surface area contributed by atoms with Crippen LogP contribution in [0.2, 0.25) is 0 Å². The molecule has 0 aliphatic heterocycles. The molecule has 0 bridgehead atoms. The van der Waals surface area contributed by atoms with Crippen molar-refractivity contribution in [1.29, 1.82) is 0 Å². The largest absolute Gasteiger partial charge is 0.490 e. The molecule has 0 aromatic heterocycles. The van der Waals surface area contributed by atoms with Crippen LogP contribution >= 0.6 is 0 Å². The van der Waals surface area contributed by atoms with Crippen molar-refractivity contribution in [3.63, 3.8) is 0 Å². The summed E-state index contributed by atoms with van der Waals surface area (Å²) in [4.78, 5) is 0. The highest BCUT2D eigenvalue weighted by Crippen LogP contribution is 2.36. The first-order valence-corrected chi connectivity index (χ1v) is 41.2. The minimum absolute atomic E-state index is 0.445. The topological polar surface area (TPSA) is 55.4 Å². The van der Waals surface area contributed by atoms with Gasteiger partial charge in [0, 0.05) is 147 Å². The smallest absolute Gasteiger partial charge is 0.162 e. The van der Waals surface area contributed by atoms with Crippen LogP contribution in [0.3, 0.4) is 0 Å². The summed E-state index contributed by atoms with van der Waals surface area (Å²) in [5.74, 6) is 99.9. The molecule has 564 valence electrons.